The van der Waals surface area contributed by atoms with Crippen molar-refractivity contribution in [1.29, 1.82) is 0 Å². The molecule has 0 amide bonds. The van der Waals surface area contributed by atoms with Gasteiger partial charge in [-0.1, -0.05) is 30.3 Å². The fourth-order valence-electron chi connectivity index (χ4n) is 0.729. The molecular weight excluding hydrogens is 408 g/mol. The van der Waals surface area contributed by atoms with E-state index in [4.69, 9.17) is 4.55 Å². The summed E-state index contributed by atoms with van der Waals surface area (Å²) in [4.78, 5) is 0. The van der Waals surface area contributed by atoms with E-state index in [-0.39, 0.29) is 39.9 Å². The molecule has 3 nitrogen and oxygen atoms in total. The Bertz CT molecular complexity index is 370. The quantitative estimate of drug-likeness (QED) is 0.745. The van der Waals surface area contributed by atoms with Crippen molar-refractivity contribution < 1.29 is 52.9 Å². The van der Waals surface area contributed by atoms with Gasteiger partial charge in [-0.05, 0) is 11.6 Å². The number of hydrogen-bond donors (Lipinski definition) is 1. The van der Waals surface area contributed by atoms with E-state index in [0.29, 0.717) is 0 Å². The Hall–Kier alpha value is 0.195. The number of rotatable bonds is 2. The molecule has 5 heteroatoms. The van der Waals surface area contributed by atoms with Crippen LogP contribution in [0.1, 0.15) is 5.56 Å². The van der Waals surface area contributed by atoms with Crippen LogP contribution < -0.4 is 0 Å². The van der Waals surface area contributed by atoms with Gasteiger partial charge in [0.1, 0.15) is 0 Å². The van der Waals surface area contributed by atoms with E-state index in [0.717, 1.165) is 11.0 Å². The fraction of sp³-hybridized carbons (Fsp3) is 0. The zero-order chi connectivity index (χ0) is 9.03. The Labute approximate surface area is 109 Å². The van der Waals surface area contributed by atoms with Crippen molar-refractivity contribution in [3.63, 3.8) is 0 Å². The minimum absolute atomic E-state index is 0. The molecule has 0 saturated carbocycles. The van der Waals surface area contributed by atoms with Crippen LogP contribution in [0.4, 0.5) is 0 Å². The third kappa shape index (κ3) is 6.29. The third-order valence-electron chi connectivity index (χ3n) is 1.23. The van der Waals surface area contributed by atoms with E-state index >= 15 is 0 Å². The molecule has 0 bridgehead atoms. The molecule has 0 heterocycles. The van der Waals surface area contributed by atoms with E-state index in [1.807, 2.05) is 6.07 Å². The summed E-state index contributed by atoms with van der Waals surface area (Å²) >= 11 is 0. The van der Waals surface area contributed by atoms with Crippen molar-refractivity contribution in [3.8, 4) is 0 Å². The summed E-state index contributed by atoms with van der Waals surface area (Å²) in [6.45, 7) is 0. The van der Waals surface area contributed by atoms with Gasteiger partial charge in [-0.15, -0.1) is 0 Å². The van der Waals surface area contributed by atoms with Crippen molar-refractivity contribution in [3.05, 3.63) is 41.3 Å². The summed E-state index contributed by atoms with van der Waals surface area (Å²) in [5.41, 5.74) is 0.732. The van der Waals surface area contributed by atoms with E-state index < -0.39 is 10.1 Å². The normalized spacial score (nSPS) is 11.2. The molecule has 0 saturated heterocycles. The Morgan fingerprint density at radius 2 is 1.69 bits per heavy atom. The second kappa shape index (κ2) is 5.83. The fourth-order valence-corrected chi connectivity index (χ4v) is 1.06. The standard InChI is InChI=1S/C8H8O3S.Th/c9-12(10,11)7-6-8-4-2-1-3-5-8;/h1-7H,(H,9,10,11);. The second-order valence-corrected chi connectivity index (χ2v) is 3.53. The molecular formula is C8H8O3STh. The van der Waals surface area contributed by atoms with Crippen molar-refractivity contribution in [2.24, 2.45) is 0 Å². The van der Waals surface area contributed by atoms with Gasteiger partial charge in [0.05, 0.1) is 5.41 Å². The first-order valence-electron chi connectivity index (χ1n) is 3.28. The molecule has 1 aromatic rings. The molecule has 1 N–H and O–H groups in total. The van der Waals surface area contributed by atoms with Gasteiger partial charge in [0, 0.05) is 39.9 Å². The Balaban J connectivity index is 0.00000144. The van der Waals surface area contributed by atoms with Gasteiger partial charge in [0.15, 0.2) is 0 Å². The molecule has 0 aliphatic carbocycles. The van der Waals surface area contributed by atoms with Crippen LogP contribution in [0.25, 0.3) is 6.08 Å². The first-order chi connectivity index (χ1) is 5.58. The minimum atomic E-state index is -4.00. The smallest absolute Gasteiger partial charge is 0.282 e. The third-order valence-corrected chi connectivity index (χ3v) is 1.71. The van der Waals surface area contributed by atoms with Gasteiger partial charge in [-0.2, -0.15) is 8.42 Å². The molecule has 13 heavy (non-hydrogen) atoms. The van der Waals surface area contributed by atoms with Gasteiger partial charge < -0.3 is 0 Å². The van der Waals surface area contributed by atoms with Crippen LogP contribution in [0.3, 0.4) is 0 Å². The average molecular weight is 416 g/mol. The predicted molar refractivity (Wildman–Crippen MR) is 47.0 cm³/mol. The molecule has 0 aliphatic rings. The maximum Gasteiger partial charge on any atom is 0.287 e. The van der Waals surface area contributed by atoms with Gasteiger partial charge in [0.2, 0.25) is 0 Å². The average Bonchev–Trinajstić information content (AvgIpc) is 2.02. The van der Waals surface area contributed by atoms with Gasteiger partial charge in [0.25, 0.3) is 10.1 Å². The van der Waals surface area contributed by atoms with Crippen LogP contribution in [-0.4, -0.2) is 13.0 Å². The van der Waals surface area contributed by atoms with E-state index in [9.17, 15) is 8.42 Å². The maximum atomic E-state index is 10.3. The summed E-state index contributed by atoms with van der Waals surface area (Å²) < 4.78 is 28.9. The van der Waals surface area contributed by atoms with Crippen LogP contribution in [0.2, 0.25) is 0 Å². The molecule has 1 aromatic carbocycles. The van der Waals surface area contributed by atoms with Crippen molar-refractivity contribution in [2.45, 2.75) is 0 Å². The van der Waals surface area contributed by atoms with Gasteiger partial charge in [-0.25, -0.2) is 0 Å². The van der Waals surface area contributed by atoms with Crippen LogP contribution in [0.15, 0.2) is 35.7 Å². The molecule has 0 aromatic heterocycles. The summed E-state index contributed by atoms with van der Waals surface area (Å²) in [5.74, 6) is 0. The Morgan fingerprint density at radius 1 is 1.15 bits per heavy atom. The molecule has 0 spiro atoms. The zero-order valence-corrected chi connectivity index (χ0v) is 11.6. The van der Waals surface area contributed by atoms with E-state index in [2.05, 4.69) is 0 Å². The van der Waals surface area contributed by atoms with Crippen molar-refractivity contribution in [2.75, 3.05) is 0 Å². The number of hydrogen-bond acceptors (Lipinski definition) is 2. The predicted octanol–water partition coefficient (Wildman–Crippen LogP) is 1.55. The summed E-state index contributed by atoms with van der Waals surface area (Å²) in [6.07, 6.45) is 1.33. The SMILES string of the molecule is O=S(=O)(O)C=Cc1ccccc1.[Th]. The Morgan fingerprint density at radius 3 is 2.15 bits per heavy atom. The number of benzene rings is 1. The second-order valence-electron chi connectivity index (χ2n) is 2.23. The summed E-state index contributed by atoms with van der Waals surface area (Å²) in [6, 6.07) is 8.86. The van der Waals surface area contributed by atoms with Crippen molar-refractivity contribution in [1.82, 2.24) is 0 Å². The van der Waals surface area contributed by atoms with Crippen LogP contribution in [0, 0.1) is 39.9 Å². The van der Waals surface area contributed by atoms with Crippen LogP contribution in [0.5, 0.6) is 0 Å². The summed E-state index contributed by atoms with van der Waals surface area (Å²) in [5, 5.41) is 0.752. The monoisotopic (exact) mass is 416 g/mol. The van der Waals surface area contributed by atoms with Gasteiger partial charge >= 0.3 is 0 Å². The van der Waals surface area contributed by atoms with E-state index in [1.54, 1.807) is 24.3 Å². The first-order valence-corrected chi connectivity index (χ1v) is 4.79. The first kappa shape index (κ1) is 13.2. The zero-order valence-electron chi connectivity index (χ0n) is 6.71. The summed E-state index contributed by atoms with van der Waals surface area (Å²) in [7, 11) is -4.00. The maximum absolute atomic E-state index is 10.3. The van der Waals surface area contributed by atoms with E-state index in [1.165, 1.54) is 6.08 Å². The molecule has 68 valence electrons. The minimum Gasteiger partial charge on any atom is -0.282 e. The topological polar surface area (TPSA) is 54.4 Å². The Kier molecular flexibility index (Phi) is 5.91. The van der Waals surface area contributed by atoms with Crippen LogP contribution >= 0.6 is 0 Å². The molecule has 0 fully saturated rings. The molecule has 1 rings (SSSR count). The largest absolute Gasteiger partial charge is 0.287 e. The van der Waals surface area contributed by atoms with Gasteiger partial charge in [-0.3, -0.25) is 4.55 Å². The molecule has 0 aliphatic heterocycles. The molecule has 0 atom stereocenters. The molecule has 0 unspecified atom stereocenters. The van der Waals surface area contributed by atoms with Crippen LogP contribution in [-0.2, 0) is 10.1 Å². The van der Waals surface area contributed by atoms with Crippen molar-refractivity contribution >= 4 is 16.2 Å². The molecule has 0 radical (unpaired) electrons.